The summed E-state index contributed by atoms with van der Waals surface area (Å²) in [5, 5.41) is 16.7. The van der Waals surface area contributed by atoms with E-state index in [9.17, 15) is 9.90 Å². The molecule has 0 unspecified atom stereocenters. The number of aromatic nitrogens is 3. The number of carbonyl (C=O) groups is 1. The van der Waals surface area contributed by atoms with Crippen molar-refractivity contribution in [1.82, 2.24) is 14.8 Å². The fraction of sp³-hybridized carbons (Fsp3) is 0.160. The molecule has 2 aromatic heterocycles. The first kappa shape index (κ1) is 20.7. The van der Waals surface area contributed by atoms with Gasteiger partial charge in [0.1, 0.15) is 5.01 Å². The molecule has 5 aromatic rings. The number of aryl methyl sites for hydroxylation is 3. The Morgan fingerprint density at radius 3 is 2.53 bits per heavy atom. The van der Waals surface area contributed by atoms with Gasteiger partial charge in [-0.1, -0.05) is 35.9 Å². The summed E-state index contributed by atoms with van der Waals surface area (Å²) in [7, 11) is 1.94. The van der Waals surface area contributed by atoms with E-state index in [1.54, 1.807) is 11.3 Å². The van der Waals surface area contributed by atoms with Crippen LogP contribution in [-0.2, 0) is 18.3 Å². The van der Waals surface area contributed by atoms with Gasteiger partial charge in [-0.2, -0.15) is 5.10 Å². The molecular formula is C25H20ClN3O2S. The van der Waals surface area contributed by atoms with Gasteiger partial charge in [-0.25, -0.2) is 4.98 Å². The Morgan fingerprint density at radius 2 is 1.81 bits per heavy atom. The number of hydrogen-bond acceptors (Lipinski definition) is 4. The van der Waals surface area contributed by atoms with Crippen LogP contribution in [0.5, 0.6) is 0 Å². The zero-order chi connectivity index (χ0) is 22.6. The van der Waals surface area contributed by atoms with Crippen LogP contribution >= 0.6 is 22.9 Å². The summed E-state index contributed by atoms with van der Waals surface area (Å²) < 4.78 is 2.86. The zero-order valence-corrected chi connectivity index (χ0v) is 19.4. The van der Waals surface area contributed by atoms with Gasteiger partial charge in [0.05, 0.1) is 27.8 Å². The number of hydrogen-bond donors (Lipinski definition) is 1. The lowest BCUT2D eigenvalue weighted by molar-refractivity contribution is -0.136. The molecular weight excluding hydrogens is 442 g/mol. The smallest absolute Gasteiger partial charge is 0.307 e. The molecule has 2 heterocycles. The van der Waals surface area contributed by atoms with Crippen LogP contribution in [0.1, 0.15) is 16.8 Å². The van der Waals surface area contributed by atoms with Crippen molar-refractivity contribution < 1.29 is 9.90 Å². The fourth-order valence-electron chi connectivity index (χ4n) is 4.23. The van der Waals surface area contributed by atoms with Gasteiger partial charge in [0, 0.05) is 28.6 Å². The molecule has 0 aliphatic rings. The van der Waals surface area contributed by atoms with Gasteiger partial charge < -0.3 is 5.11 Å². The van der Waals surface area contributed by atoms with E-state index < -0.39 is 5.97 Å². The van der Waals surface area contributed by atoms with E-state index in [2.05, 4.69) is 23.3 Å². The number of thiazole rings is 1. The standard InChI is InChI=1S/C25H20ClN3O2S/c1-13-10-20-24(23(19(13)12-22(30)31)15-4-7-17(26)8-5-15)32-25(27-20)16-6-9-18-14(2)28-29(3)21(18)11-16/h4-11H,12H2,1-3H3,(H,30,31). The first-order chi connectivity index (χ1) is 15.3. The molecule has 0 atom stereocenters. The second kappa shape index (κ2) is 7.73. The highest BCUT2D eigenvalue weighted by molar-refractivity contribution is 7.22. The average molecular weight is 462 g/mol. The van der Waals surface area contributed by atoms with E-state index in [4.69, 9.17) is 16.6 Å². The minimum atomic E-state index is -0.857. The van der Waals surface area contributed by atoms with Crippen LogP contribution in [0.2, 0.25) is 5.02 Å². The topological polar surface area (TPSA) is 68.0 Å². The monoisotopic (exact) mass is 461 g/mol. The summed E-state index contributed by atoms with van der Waals surface area (Å²) in [6.45, 7) is 3.95. The molecule has 1 N–H and O–H groups in total. The Balaban J connectivity index is 1.76. The third-order valence-corrected chi connectivity index (χ3v) is 7.15. The molecule has 0 bridgehead atoms. The Morgan fingerprint density at radius 1 is 1.09 bits per heavy atom. The molecule has 7 heteroatoms. The van der Waals surface area contributed by atoms with E-state index in [1.807, 2.05) is 55.9 Å². The van der Waals surface area contributed by atoms with E-state index in [1.165, 1.54) is 0 Å². The SMILES string of the molecule is Cc1cc2nc(-c3ccc4c(C)nn(C)c4c3)sc2c(-c2ccc(Cl)cc2)c1CC(=O)O. The maximum Gasteiger partial charge on any atom is 0.307 e. The number of aliphatic carboxylic acids is 1. The Labute approximate surface area is 193 Å². The van der Waals surface area contributed by atoms with Gasteiger partial charge in [-0.3, -0.25) is 9.48 Å². The lowest BCUT2D eigenvalue weighted by Gasteiger charge is -2.13. The number of carboxylic acids is 1. The lowest BCUT2D eigenvalue weighted by Crippen LogP contribution is -2.04. The minimum Gasteiger partial charge on any atom is -0.481 e. The molecule has 32 heavy (non-hydrogen) atoms. The highest BCUT2D eigenvalue weighted by atomic mass is 35.5. The summed E-state index contributed by atoms with van der Waals surface area (Å²) in [4.78, 5) is 16.6. The summed E-state index contributed by atoms with van der Waals surface area (Å²) >= 11 is 7.69. The van der Waals surface area contributed by atoms with Gasteiger partial charge in [0.15, 0.2) is 0 Å². The van der Waals surface area contributed by atoms with Crippen molar-refractivity contribution in [3.8, 4) is 21.7 Å². The normalized spacial score (nSPS) is 11.5. The number of rotatable bonds is 4. The quantitative estimate of drug-likeness (QED) is 0.335. The fourth-order valence-corrected chi connectivity index (χ4v) is 5.49. The predicted molar refractivity (Wildman–Crippen MR) is 131 cm³/mol. The molecule has 0 radical (unpaired) electrons. The molecule has 5 rings (SSSR count). The molecule has 0 spiro atoms. The molecule has 0 fully saturated rings. The van der Waals surface area contributed by atoms with Crippen LogP contribution in [0.3, 0.4) is 0 Å². The molecule has 3 aromatic carbocycles. The molecule has 0 aliphatic heterocycles. The van der Waals surface area contributed by atoms with Crippen molar-refractivity contribution in [3.63, 3.8) is 0 Å². The van der Waals surface area contributed by atoms with Crippen molar-refractivity contribution in [2.75, 3.05) is 0 Å². The molecule has 0 saturated carbocycles. The summed E-state index contributed by atoms with van der Waals surface area (Å²) in [5.74, 6) is -0.857. The van der Waals surface area contributed by atoms with Gasteiger partial charge in [0.2, 0.25) is 0 Å². The van der Waals surface area contributed by atoms with Crippen molar-refractivity contribution in [3.05, 3.63) is 70.4 Å². The molecule has 5 nitrogen and oxygen atoms in total. The maximum absolute atomic E-state index is 11.6. The number of carboxylic acid groups (broad SMARTS) is 1. The largest absolute Gasteiger partial charge is 0.481 e. The maximum atomic E-state index is 11.6. The summed E-state index contributed by atoms with van der Waals surface area (Å²) in [6.07, 6.45) is -0.0484. The average Bonchev–Trinajstić information content (AvgIpc) is 3.29. The third-order valence-electron chi connectivity index (χ3n) is 5.76. The number of nitrogens with zero attached hydrogens (tertiary/aromatic N) is 3. The minimum absolute atomic E-state index is 0.0484. The molecule has 0 aliphatic carbocycles. The summed E-state index contributed by atoms with van der Waals surface area (Å²) in [6, 6.07) is 15.8. The zero-order valence-electron chi connectivity index (χ0n) is 17.8. The van der Waals surface area contributed by atoms with E-state index in [0.717, 1.165) is 59.6 Å². The van der Waals surface area contributed by atoms with Crippen molar-refractivity contribution >= 4 is 50.0 Å². The van der Waals surface area contributed by atoms with E-state index in [0.29, 0.717) is 5.02 Å². The molecule has 0 amide bonds. The number of benzene rings is 3. The lowest BCUT2D eigenvalue weighted by atomic mass is 9.93. The highest BCUT2D eigenvalue weighted by Gasteiger charge is 2.20. The van der Waals surface area contributed by atoms with Crippen LogP contribution in [-0.4, -0.2) is 25.8 Å². The van der Waals surface area contributed by atoms with Gasteiger partial charge in [-0.05, 0) is 54.8 Å². The third kappa shape index (κ3) is 3.45. The van der Waals surface area contributed by atoms with Crippen molar-refractivity contribution in [2.24, 2.45) is 7.05 Å². The predicted octanol–water partition coefficient (Wildman–Crippen LogP) is 6.41. The van der Waals surface area contributed by atoms with Crippen LogP contribution in [0, 0.1) is 13.8 Å². The van der Waals surface area contributed by atoms with E-state index >= 15 is 0 Å². The van der Waals surface area contributed by atoms with Crippen LogP contribution in [0.4, 0.5) is 0 Å². The first-order valence-electron chi connectivity index (χ1n) is 10.2. The second-order valence-corrected chi connectivity index (χ2v) is 9.37. The highest BCUT2D eigenvalue weighted by Crippen LogP contribution is 2.41. The van der Waals surface area contributed by atoms with Crippen LogP contribution in [0.15, 0.2) is 48.5 Å². The Bertz CT molecular complexity index is 1520. The molecule has 0 saturated heterocycles. The van der Waals surface area contributed by atoms with Crippen molar-refractivity contribution in [2.45, 2.75) is 20.3 Å². The number of fused-ring (bicyclic) bond motifs is 2. The van der Waals surface area contributed by atoms with Crippen LogP contribution < -0.4 is 0 Å². The number of halogens is 1. The van der Waals surface area contributed by atoms with Crippen LogP contribution in [0.25, 0.3) is 42.8 Å². The Kier molecular flexibility index (Phi) is 4.99. The second-order valence-electron chi connectivity index (χ2n) is 7.93. The Hall–Kier alpha value is -3.22. The summed E-state index contributed by atoms with van der Waals surface area (Å²) in [5.41, 5.74) is 7.51. The van der Waals surface area contributed by atoms with E-state index in [-0.39, 0.29) is 6.42 Å². The first-order valence-corrected chi connectivity index (χ1v) is 11.4. The van der Waals surface area contributed by atoms with Gasteiger partial charge in [-0.15, -0.1) is 11.3 Å². The van der Waals surface area contributed by atoms with Gasteiger partial charge >= 0.3 is 5.97 Å². The van der Waals surface area contributed by atoms with Crippen molar-refractivity contribution in [1.29, 1.82) is 0 Å². The van der Waals surface area contributed by atoms with Gasteiger partial charge in [0.25, 0.3) is 0 Å². The molecule has 160 valence electrons.